The van der Waals surface area contributed by atoms with Crippen molar-refractivity contribution in [3.63, 3.8) is 0 Å². The molecular formula is C28H29FN4O3S. The second-order valence-corrected chi connectivity index (χ2v) is 10.2. The Hall–Kier alpha value is -3.43. The fraction of sp³-hybridized carbons (Fsp3) is 0.321. The molecule has 0 aromatic heterocycles. The van der Waals surface area contributed by atoms with Gasteiger partial charge in [-0.2, -0.15) is 0 Å². The summed E-state index contributed by atoms with van der Waals surface area (Å²) < 4.78 is 20.9. The van der Waals surface area contributed by atoms with Crippen LogP contribution in [0.15, 0.2) is 82.0 Å². The maximum atomic E-state index is 15.2. The van der Waals surface area contributed by atoms with Gasteiger partial charge in [0.05, 0.1) is 23.7 Å². The lowest BCUT2D eigenvalue weighted by Gasteiger charge is -2.37. The third kappa shape index (κ3) is 5.33. The van der Waals surface area contributed by atoms with Gasteiger partial charge in [0.25, 0.3) is 0 Å². The number of amidine groups is 1. The summed E-state index contributed by atoms with van der Waals surface area (Å²) in [5, 5.41) is 2.50. The van der Waals surface area contributed by atoms with Crippen LogP contribution in [0.4, 0.5) is 4.39 Å². The van der Waals surface area contributed by atoms with Crippen LogP contribution in [0.5, 0.6) is 0 Å². The van der Waals surface area contributed by atoms with Crippen molar-refractivity contribution in [1.82, 2.24) is 14.7 Å². The fourth-order valence-corrected chi connectivity index (χ4v) is 5.71. The average Bonchev–Trinajstić information content (AvgIpc) is 3.29. The molecule has 1 fully saturated rings. The molecule has 9 heteroatoms. The number of benzene rings is 2. The molecule has 0 bridgehead atoms. The van der Waals surface area contributed by atoms with E-state index in [2.05, 4.69) is 9.89 Å². The predicted octanol–water partition coefficient (Wildman–Crippen LogP) is 4.31. The number of piperazine rings is 1. The summed E-state index contributed by atoms with van der Waals surface area (Å²) in [6.45, 7) is 4.83. The summed E-state index contributed by atoms with van der Waals surface area (Å²) in [5.41, 5.74) is 2.63. The third-order valence-electron chi connectivity index (χ3n) is 6.82. The highest BCUT2D eigenvalue weighted by Gasteiger charge is 2.42. The first-order valence-corrected chi connectivity index (χ1v) is 13.2. The summed E-state index contributed by atoms with van der Waals surface area (Å²) in [5.74, 6) is -0.983. The Balaban J connectivity index is 1.44. The van der Waals surface area contributed by atoms with E-state index in [-0.39, 0.29) is 24.5 Å². The minimum atomic E-state index is -0.793. The molecule has 3 aliphatic rings. The van der Waals surface area contributed by atoms with Crippen molar-refractivity contribution < 1.29 is 18.7 Å². The Kier molecular flexibility index (Phi) is 7.43. The fourth-order valence-electron chi connectivity index (χ4n) is 4.75. The molecule has 37 heavy (non-hydrogen) atoms. The highest BCUT2D eigenvalue weighted by Crippen LogP contribution is 2.45. The largest absolute Gasteiger partial charge is 0.457 e. The Labute approximate surface area is 220 Å². The minimum absolute atomic E-state index is 0.00737. The van der Waals surface area contributed by atoms with E-state index in [1.165, 1.54) is 17.8 Å². The van der Waals surface area contributed by atoms with Gasteiger partial charge in [-0.3, -0.25) is 4.79 Å². The highest BCUT2D eigenvalue weighted by atomic mass is 32.2. The molecule has 192 valence electrons. The first kappa shape index (κ1) is 25.2. The van der Waals surface area contributed by atoms with Gasteiger partial charge < -0.3 is 19.4 Å². The number of esters is 1. The second kappa shape index (κ2) is 10.9. The highest BCUT2D eigenvalue weighted by molar-refractivity contribution is 8.16. The molecule has 2 aromatic rings. The molecule has 0 spiro atoms. The second-order valence-electron chi connectivity index (χ2n) is 9.34. The van der Waals surface area contributed by atoms with E-state index in [4.69, 9.17) is 4.74 Å². The summed E-state index contributed by atoms with van der Waals surface area (Å²) >= 11 is 1.38. The van der Waals surface area contributed by atoms with E-state index in [0.29, 0.717) is 35.2 Å². The number of hydrogen-bond donors (Lipinski definition) is 0. The van der Waals surface area contributed by atoms with Gasteiger partial charge >= 0.3 is 5.97 Å². The van der Waals surface area contributed by atoms with E-state index in [0.717, 1.165) is 18.7 Å². The smallest absolute Gasteiger partial charge is 0.338 e. The van der Waals surface area contributed by atoms with Crippen LogP contribution in [0, 0.1) is 5.82 Å². The first-order valence-electron chi connectivity index (χ1n) is 12.3. The van der Waals surface area contributed by atoms with Crippen molar-refractivity contribution in [3.8, 4) is 0 Å². The van der Waals surface area contributed by atoms with Crippen LogP contribution in [0.1, 0.15) is 30.5 Å². The number of likely N-dealkylation sites (N-methyl/N-ethyl adjacent to an activating group) is 1. The molecule has 1 saturated heterocycles. The van der Waals surface area contributed by atoms with Crippen LogP contribution >= 0.6 is 11.8 Å². The van der Waals surface area contributed by atoms with Gasteiger partial charge in [-0.15, -0.1) is 0 Å². The standard InChI is InChI=1S/C28H29FN4O3S/c1-19-25(27(35)36-17-20-8-4-3-5-9-20)26(22-10-6-7-11-23(22)29)33-21(18-37-28(33)30-19)16-24(34)32-14-12-31(2)13-15-32/h3-11,18,26H,12-17H2,1-2H3. The number of allylic oxidation sites excluding steroid dienone is 1. The molecule has 3 heterocycles. The Morgan fingerprint density at radius 3 is 2.49 bits per heavy atom. The molecule has 0 N–H and O–H groups in total. The van der Waals surface area contributed by atoms with Gasteiger partial charge in [-0.05, 0) is 31.0 Å². The molecule has 5 rings (SSSR count). The number of halogens is 1. The van der Waals surface area contributed by atoms with Crippen molar-refractivity contribution in [2.24, 2.45) is 4.99 Å². The van der Waals surface area contributed by atoms with Crippen molar-refractivity contribution in [1.29, 1.82) is 0 Å². The van der Waals surface area contributed by atoms with Gasteiger partial charge in [-0.25, -0.2) is 14.2 Å². The first-order chi connectivity index (χ1) is 17.9. The molecule has 1 unspecified atom stereocenters. The van der Waals surface area contributed by atoms with Gasteiger partial charge in [0.1, 0.15) is 12.4 Å². The molecule has 1 atom stereocenters. The van der Waals surface area contributed by atoms with E-state index in [1.54, 1.807) is 25.1 Å². The normalized spacial score (nSPS) is 19.9. The molecule has 3 aliphatic heterocycles. The molecular weight excluding hydrogens is 491 g/mol. The maximum absolute atomic E-state index is 15.2. The molecule has 0 radical (unpaired) electrons. The lowest BCUT2D eigenvalue weighted by molar-refractivity contribution is -0.141. The van der Waals surface area contributed by atoms with Gasteiger partial charge in [0, 0.05) is 37.4 Å². The number of fused-ring (bicyclic) bond motifs is 1. The Bertz CT molecular complexity index is 1290. The summed E-state index contributed by atoms with van der Waals surface area (Å²) in [6, 6.07) is 15.0. The summed E-state index contributed by atoms with van der Waals surface area (Å²) in [4.78, 5) is 37.2. The van der Waals surface area contributed by atoms with E-state index in [1.807, 2.05) is 52.6 Å². The van der Waals surface area contributed by atoms with Crippen LogP contribution in [0.25, 0.3) is 0 Å². The number of rotatable bonds is 6. The van der Waals surface area contributed by atoms with Crippen molar-refractivity contribution >= 4 is 28.8 Å². The SMILES string of the molecule is CC1=C(C(=O)OCc2ccccc2)C(c2ccccc2F)N2C(CC(=O)N3CCN(C)CC3)=CSC2=N1. The zero-order valence-corrected chi connectivity index (χ0v) is 21.7. The third-order valence-corrected chi connectivity index (χ3v) is 7.71. The van der Waals surface area contributed by atoms with Crippen LogP contribution in [-0.2, 0) is 20.9 Å². The molecule has 2 aromatic carbocycles. The van der Waals surface area contributed by atoms with E-state index < -0.39 is 17.8 Å². The lowest BCUT2D eigenvalue weighted by Crippen LogP contribution is -2.47. The number of carbonyl (C=O) groups excluding carboxylic acids is 2. The molecule has 0 aliphatic carbocycles. The van der Waals surface area contributed by atoms with Crippen LogP contribution < -0.4 is 0 Å². The number of amides is 1. The average molecular weight is 521 g/mol. The number of carbonyl (C=O) groups is 2. The van der Waals surface area contributed by atoms with E-state index >= 15 is 4.39 Å². The van der Waals surface area contributed by atoms with Crippen molar-refractivity contribution in [2.45, 2.75) is 26.0 Å². The molecule has 1 amide bonds. The van der Waals surface area contributed by atoms with Crippen LogP contribution in [0.3, 0.4) is 0 Å². The zero-order chi connectivity index (χ0) is 25.9. The maximum Gasteiger partial charge on any atom is 0.338 e. The minimum Gasteiger partial charge on any atom is -0.457 e. The lowest BCUT2D eigenvalue weighted by atomic mass is 9.93. The zero-order valence-electron chi connectivity index (χ0n) is 20.9. The number of aliphatic imine (C=N–C) groups is 1. The Morgan fingerprint density at radius 1 is 1.05 bits per heavy atom. The number of ether oxygens (including phenoxy) is 1. The predicted molar refractivity (Wildman–Crippen MR) is 142 cm³/mol. The number of hydrogen-bond acceptors (Lipinski definition) is 7. The number of nitrogens with zero attached hydrogens (tertiary/aromatic N) is 4. The topological polar surface area (TPSA) is 65.5 Å². The van der Waals surface area contributed by atoms with Gasteiger partial charge in [0.15, 0.2) is 5.17 Å². The van der Waals surface area contributed by atoms with Gasteiger partial charge in [-0.1, -0.05) is 60.3 Å². The van der Waals surface area contributed by atoms with Crippen molar-refractivity contribution in [2.75, 3.05) is 33.2 Å². The monoisotopic (exact) mass is 520 g/mol. The van der Waals surface area contributed by atoms with Crippen LogP contribution in [-0.4, -0.2) is 65.0 Å². The van der Waals surface area contributed by atoms with Crippen LogP contribution in [0.2, 0.25) is 0 Å². The van der Waals surface area contributed by atoms with Crippen molar-refractivity contribution in [3.05, 3.63) is 93.9 Å². The summed E-state index contributed by atoms with van der Waals surface area (Å²) in [6.07, 6.45) is 0.145. The Morgan fingerprint density at radius 2 is 1.76 bits per heavy atom. The van der Waals surface area contributed by atoms with Gasteiger partial charge in [0.2, 0.25) is 5.91 Å². The molecule has 7 nitrogen and oxygen atoms in total. The summed E-state index contributed by atoms with van der Waals surface area (Å²) in [7, 11) is 2.04. The molecule has 0 saturated carbocycles. The van der Waals surface area contributed by atoms with E-state index in [9.17, 15) is 9.59 Å². The quantitative estimate of drug-likeness (QED) is 0.529. The number of thioether (sulfide) groups is 1.